The summed E-state index contributed by atoms with van der Waals surface area (Å²) in [4.78, 5) is 11.9. The van der Waals surface area contributed by atoms with Gasteiger partial charge in [-0.3, -0.25) is 9.48 Å². The molecule has 1 aliphatic heterocycles. The van der Waals surface area contributed by atoms with Gasteiger partial charge < -0.3 is 10.6 Å². The Morgan fingerprint density at radius 1 is 1.50 bits per heavy atom. The molecule has 6 heteroatoms. The number of rotatable bonds is 4. The van der Waals surface area contributed by atoms with Crippen LogP contribution in [0.1, 0.15) is 39.7 Å². The Bertz CT molecular complexity index is 446. The molecule has 0 saturated carbocycles. The summed E-state index contributed by atoms with van der Waals surface area (Å²) >= 11 is 1.65. The third kappa shape index (κ3) is 4.83. The van der Waals surface area contributed by atoms with E-state index in [9.17, 15) is 4.79 Å². The van der Waals surface area contributed by atoms with Gasteiger partial charge in [-0.2, -0.15) is 5.10 Å². The van der Waals surface area contributed by atoms with Crippen LogP contribution in [-0.4, -0.2) is 39.3 Å². The van der Waals surface area contributed by atoms with E-state index in [4.69, 9.17) is 0 Å². The van der Waals surface area contributed by atoms with Crippen LogP contribution in [0.3, 0.4) is 0 Å². The first-order valence-electron chi connectivity index (χ1n) is 7.13. The van der Waals surface area contributed by atoms with E-state index in [-0.39, 0.29) is 10.7 Å². The Labute approximate surface area is 124 Å². The number of carbonyl (C=O) groups is 1. The van der Waals surface area contributed by atoms with Crippen molar-refractivity contribution in [1.82, 2.24) is 15.1 Å². The third-order valence-electron chi connectivity index (χ3n) is 3.20. The Balaban J connectivity index is 1.84. The van der Waals surface area contributed by atoms with Crippen LogP contribution < -0.4 is 10.6 Å². The quantitative estimate of drug-likeness (QED) is 0.895. The summed E-state index contributed by atoms with van der Waals surface area (Å²) < 4.78 is 2.09. The van der Waals surface area contributed by atoms with Crippen molar-refractivity contribution in [3.05, 3.63) is 12.4 Å². The molecule has 1 aromatic heterocycles. The molecule has 112 valence electrons. The molecule has 1 aromatic rings. The molecular formula is C14H24N4OS. The van der Waals surface area contributed by atoms with Crippen molar-refractivity contribution in [2.75, 3.05) is 24.2 Å². The monoisotopic (exact) mass is 296 g/mol. The fourth-order valence-electron chi connectivity index (χ4n) is 2.15. The average molecular weight is 296 g/mol. The van der Waals surface area contributed by atoms with Crippen molar-refractivity contribution >= 4 is 23.4 Å². The first-order valence-corrected chi connectivity index (χ1v) is 8.11. The molecule has 0 unspecified atom stereocenters. The summed E-state index contributed by atoms with van der Waals surface area (Å²) in [6, 6.07) is 0.450. The van der Waals surface area contributed by atoms with Gasteiger partial charge in [0.1, 0.15) is 0 Å². The van der Waals surface area contributed by atoms with Gasteiger partial charge in [0.25, 0.3) is 0 Å². The largest absolute Gasteiger partial charge is 0.323 e. The van der Waals surface area contributed by atoms with Gasteiger partial charge in [0, 0.05) is 10.9 Å². The van der Waals surface area contributed by atoms with Gasteiger partial charge in [-0.05, 0) is 25.9 Å². The maximum Gasteiger partial charge on any atom is 0.234 e. The first-order chi connectivity index (χ1) is 9.44. The van der Waals surface area contributed by atoms with Crippen molar-refractivity contribution < 1.29 is 4.79 Å². The zero-order valence-corrected chi connectivity index (χ0v) is 13.3. The second-order valence-corrected chi connectivity index (χ2v) is 7.94. The summed E-state index contributed by atoms with van der Waals surface area (Å²) in [6.07, 6.45) is 5.86. The lowest BCUT2D eigenvalue weighted by Gasteiger charge is -2.22. The Morgan fingerprint density at radius 2 is 2.20 bits per heavy atom. The number of nitrogens with one attached hydrogen (secondary N) is 2. The fourth-order valence-corrected chi connectivity index (χ4v) is 2.79. The molecule has 5 nitrogen and oxygen atoms in total. The van der Waals surface area contributed by atoms with Crippen LogP contribution in [0, 0.1) is 0 Å². The highest BCUT2D eigenvalue weighted by molar-refractivity contribution is 8.01. The van der Waals surface area contributed by atoms with Crippen molar-refractivity contribution in [1.29, 1.82) is 0 Å². The normalized spacial score (nSPS) is 17.1. The van der Waals surface area contributed by atoms with Crippen LogP contribution in [-0.2, 0) is 4.79 Å². The van der Waals surface area contributed by atoms with E-state index >= 15 is 0 Å². The van der Waals surface area contributed by atoms with Gasteiger partial charge in [-0.1, -0.05) is 20.8 Å². The third-order valence-corrected chi connectivity index (χ3v) is 4.48. The number of anilines is 1. The molecule has 20 heavy (non-hydrogen) atoms. The summed E-state index contributed by atoms with van der Waals surface area (Å²) in [5.41, 5.74) is 0.794. The van der Waals surface area contributed by atoms with E-state index < -0.39 is 0 Å². The van der Waals surface area contributed by atoms with Crippen LogP contribution in [0.2, 0.25) is 0 Å². The maximum atomic E-state index is 11.9. The van der Waals surface area contributed by atoms with E-state index in [0.29, 0.717) is 11.8 Å². The fraction of sp³-hybridized carbons (Fsp3) is 0.714. The molecule has 0 spiro atoms. The molecule has 2 heterocycles. The SMILES string of the molecule is CC(C)(C)SCC(=O)Nc1cnn(C2CCNCC2)c1. The minimum absolute atomic E-state index is 0.0368. The molecule has 2 rings (SSSR count). The molecule has 0 aromatic carbocycles. The number of amides is 1. The Morgan fingerprint density at radius 3 is 2.85 bits per heavy atom. The van der Waals surface area contributed by atoms with E-state index in [0.717, 1.165) is 31.6 Å². The number of piperidine rings is 1. The number of hydrogen-bond donors (Lipinski definition) is 2. The summed E-state index contributed by atoms with van der Waals surface area (Å²) in [7, 11) is 0. The molecular weight excluding hydrogens is 272 g/mol. The van der Waals surface area contributed by atoms with Crippen LogP contribution in [0.4, 0.5) is 5.69 Å². The molecule has 1 amide bonds. The number of carbonyl (C=O) groups excluding carboxylic acids is 1. The Kier molecular flexibility index (Phi) is 5.10. The lowest BCUT2D eigenvalue weighted by molar-refractivity contribution is -0.113. The molecule has 1 saturated heterocycles. The number of hydrogen-bond acceptors (Lipinski definition) is 4. The number of nitrogens with zero attached hydrogens (tertiary/aromatic N) is 2. The van der Waals surface area contributed by atoms with Crippen LogP contribution in [0.25, 0.3) is 0 Å². The highest BCUT2D eigenvalue weighted by atomic mass is 32.2. The molecule has 0 radical (unpaired) electrons. The maximum absolute atomic E-state index is 11.9. The van der Waals surface area contributed by atoms with Gasteiger partial charge in [-0.15, -0.1) is 11.8 Å². The van der Waals surface area contributed by atoms with Crippen molar-refractivity contribution in [2.45, 2.75) is 44.4 Å². The molecule has 2 N–H and O–H groups in total. The summed E-state index contributed by atoms with van der Waals surface area (Å²) in [5.74, 6) is 0.511. The standard InChI is InChI=1S/C14H24N4OS/c1-14(2,3)20-10-13(19)17-11-8-16-18(9-11)12-4-6-15-7-5-12/h8-9,12,15H,4-7,10H2,1-3H3,(H,17,19). The highest BCUT2D eigenvalue weighted by Crippen LogP contribution is 2.23. The zero-order chi connectivity index (χ0) is 14.6. The van der Waals surface area contributed by atoms with E-state index in [1.165, 1.54) is 0 Å². The van der Waals surface area contributed by atoms with Gasteiger partial charge in [-0.25, -0.2) is 0 Å². The Hall–Kier alpha value is -1.01. The summed E-state index contributed by atoms with van der Waals surface area (Å²) in [6.45, 7) is 8.41. The number of aromatic nitrogens is 2. The highest BCUT2D eigenvalue weighted by Gasteiger charge is 2.17. The van der Waals surface area contributed by atoms with Crippen molar-refractivity contribution in [3.63, 3.8) is 0 Å². The lowest BCUT2D eigenvalue weighted by Crippen LogP contribution is -2.29. The van der Waals surface area contributed by atoms with Gasteiger partial charge in [0.15, 0.2) is 0 Å². The van der Waals surface area contributed by atoms with Gasteiger partial charge >= 0.3 is 0 Å². The predicted octanol–water partition coefficient (Wildman–Crippen LogP) is 2.28. The minimum atomic E-state index is 0.0368. The van der Waals surface area contributed by atoms with E-state index in [1.807, 2.05) is 10.9 Å². The first kappa shape index (κ1) is 15.4. The lowest BCUT2D eigenvalue weighted by atomic mass is 10.1. The second-order valence-electron chi connectivity index (χ2n) is 6.14. The van der Waals surface area contributed by atoms with Crippen LogP contribution in [0.5, 0.6) is 0 Å². The van der Waals surface area contributed by atoms with E-state index in [1.54, 1.807) is 18.0 Å². The second kappa shape index (κ2) is 6.63. The minimum Gasteiger partial charge on any atom is -0.323 e. The van der Waals surface area contributed by atoms with Crippen LogP contribution in [0.15, 0.2) is 12.4 Å². The summed E-state index contributed by atoms with van der Waals surface area (Å²) in [5, 5.41) is 10.6. The van der Waals surface area contributed by atoms with Gasteiger partial charge in [0.05, 0.1) is 23.7 Å². The predicted molar refractivity (Wildman–Crippen MR) is 84.2 cm³/mol. The van der Waals surface area contributed by atoms with Crippen molar-refractivity contribution in [3.8, 4) is 0 Å². The molecule has 0 atom stereocenters. The topological polar surface area (TPSA) is 59.0 Å². The van der Waals surface area contributed by atoms with E-state index in [2.05, 4.69) is 36.5 Å². The number of thioether (sulfide) groups is 1. The molecule has 0 bridgehead atoms. The molecule has 1 fully saturated rings. The van der Waals surface area contributed by atoms with Crippen LogP contribution >= 0.6 is 11.8 Å². The smallest absolute Gasteiger partial charge is 0.234 e. The average Bonchev–Trinajstić information content (AvgIpc) is 2.85. The molecule has 0 aliphatic carbocycles. The van der Waals surface area contributed by atoms with Gasteiger partial charge in [0.2, 0.25) is 5.91 Å². The zero-order valence-electron chi connectivity index (χ0n) is 12.5. The molecule has 1 aliphatic rings. The van der Waals surface area contributed by atoms with Crippen molar-refractivity contribution in [2.24, 2.45) is 0 Å².